The molecule has 0 spiro atoms. The molecule has 5 heteroatoms. The summed E-state index contributed by atoms with van der Waals surface area (Å²) >= 11 is 0. The predicted molar refractivity (Wildman–Crippen MR) is 76.2 cm³/mol. The van der Waals surface area contributed by atoms with Crippen molar-refractivity contribution in [3.8, 4) is 0 Å². The smallest absolute Gasteiger partial charge is 0.269 e. The summed E-state index contributed by atoms with van der Waals surface area (Å²) in [6, 6.07) is 0. The molecule has 2 heterocycles. The molecule has 0 radical (unpaired) electrons. The Morgan fingerprint density at radius 2 is 2.05 bits per heavy atom. The van der Waals surface area contributed by atoms with E-state index in [-0.39, 0.29) is 11.3 Å². The lowest BCUT2D eigenvalue weighted by atomic mass is 9.84. The zero-order valence-corrected chi connectivity index (χ0v) is 12.3. The molecule has 19 heavy (non-hydrogen) atoms. The lowest BCUT2D eigenvalue weighted by molar-refractivity contribution is -0.590. The number of hydrogen-bond acceptors (Lipinski definition) is 2. The highest BCUT2D eigenvalue weighted by Crippen LogP contribution is 2.32. The van der Waals surface area contributed by atoms with Crippen molar-refractivity contribution < 1.29 is 17.5 Å². The van der Waals surface area contributed by atoms with Crippen molar-refractivity contribution in [3.63, 3.8) is 0 Å². The Hall–Kier alpha value is -1.20. The molecule has 0 aromatic heterocycles. The van der Waals surface area contributed by atoms with Gasteiger partial charge in [0.25, 0.3) is 10.1 Å². The fourth-order valence-corrected chi connectivity index (χ4v) is 3.54. The molecule has 2 aliphatic rings. The Bertz CT molecular complexity index is 621. The van der Waals surface area contributed by atoms with Crippen LogP contribution in [0.4, 0.5) is 0 Å². The molecule has 0 saturated carbocycles. The van der Waals surface area contributed by atoms with Crippen LogP contribution in [0.25, 0.3) is 0 Å². The number of allylic oxidation sites excluding steroid dienone is 2. The van der Waals surface area contributed by atoms with Gasteiger partial charge in [-0.05, 0) is 18.1 Å². The van der Waals surface area contributed by atoms with E-state index in [1.165, 1.54) is 0 Å². The molecule has 0 aliphatic carbocycles. The van der Waals surface area contributed by atoms with E-state index >= 15 is 0 Å². The SMILES string of the molecule is C=C1CCC[N+]2=C1C(=C)C(CS(=O)(=O)O)=CC2(C)C. The van der Waals surface area contributed by atoms with Gasteiger partial charge in [-0.15, -0.1) is 0 Å². The van der Waals surface area contributed by atoms with Crippen LogP contribution in [0.15, 0.2) is 36.0 Å². The minimum Gasteiger partial charge on any atom is -0.285 e. The van der Waals surface area contributed by atoms with E-state index in [4.69, 9.17) is 4.55 Å². The Kier molecular flexibility index (Phi) is 3.31. The van der Waals surface area contributed by atoms with Crippen molar-refractivity contribution in [2.45, 2.75) is 32.2 Å². The molecule has 2 rings (SSSR count). The van der Waals surface area contributed by atoms with Crippen LogP contribution in [-0.4, -0.2) is 41.1 Å². The Morgan fingerprint density at radius 3 is 2.63 bits per heavy atom. The first-order chi connectivity index (χ1) is 8.62. The highest BCUT2D eigenvalue weighted by atomic mass is 32.2. The van der Waals surface area contributed by atoms with Crippen LogP contribution in [0.2, 0.25) is 0 Å². The van der Waals surface area contributed by atoms with Gasteiger partial charge in [-0.1, -0.05) is 13.2 Å². The van der Waals surface area contributed by atoms with Crippen LogP contribution in [0.5, 0.6) is 0 Å². The van der Waals surface area contributed by atoms with Gasteiger partial charge in [0.2, 0.25) is 5.71 Å². The van der Waals surface area contributed by atoms with Gasteiger partial charge in [-0.2, -0.15) is 8.42 Å². The zero-order chi connectivity index (χ0) is 14.4. The summed E-state index contributed by atoms with van der Waals surface area (Å²) in [7, 11) is -4.05. The van der Waals surface area contributed by atoms with Crippen LogP contribution < -0.4 is 0 Å². The van der Waals surface area contributed by atoms with E-state index in [0.717, 1.165) is 30.7 Å². The average molecular weight is 282 g/mol. The summed E-state index contributed by atoms with van der Waals surface area (Å²) in [5.74, 6) is -0.389. The van der Waals surface area contributed by atoms with Crippen molar-refractivity contribution in [1.82, 2.24) is 0 Å². The van der Waals surface area contributed by atoms with Crippen molar-refractivity contribution in [1.29, 1.82) is 0 Å². The first-order valence-corrected chi connectivity index (χ1v) is 7.92. The molecule has 0 atom stereocenters. The molecule has 0 aromatic carbocycles. The summed E-state index contributed by atoms with van der Waals surface area (Å²) < 4.78 is 33.5. The second-order valence-corrected chi connectivity index (χ2v) is 7.19. The molecular formula is C14H20NO3S+. The molecule has 0 saturated heterocycles. The zero-order valence-electron chi connectivity index (χ0n) is 11.4. The van der Waals surface area contributed by atoms with Crippen LogP contribution in [0, 0.1) is 0 Å². The maximum absolute atomic E-state index is 11.1. The van der Waals surface area contributed by atoms with Crippen LogP contribution >= 0.6 is 0 Å². The van der Waals surface area contributed by atoms with Crippen molar-refractivity contribution >= 4 is 15.8 Å². The lowest BCUT2D eigenvalue weighted by Crippen LogP contribution is -2.46. The maximum Gasteiger partial charge on any atom is 0.269 e. The van der Waals surface area contributed by atoms with Crippen molar-refractivity contribution in [2.75, 3.05) is 12.3 Å². The molecule has 0 amide bonds. The number of hydrogen-bond donors (Lipinski definition) is 1. The van der Waals surface area contributed by atoms with Gasteiger partial charge >= 0.3 is 0 Å². The summed E-state index contributed by atoms with van der Waals surface area (Å²) in [5, 5.41) is 0. The van der Waals surface area contributed by atoms with Gasteiger partial charge in [0, 0.05) is 31.4 Å². The Morgan fingerprint density at radius 1 is 1.42 bits per heavy atom. The van der Waals surface area contributed by atoms with Gasteiger partial charge in [0.05, 0.1) is 0 Å². The topological polar surface area (TPSA) is 57.4 Å². The standard InChI is InChI=1S/C14H19NO3S/c1-10-6-5-7-15-13(10)11(2)12(8-14(15,3)4)9-19(16,17)18/h8H,1-2,5-7,9H2,3-4H3/p+1. The second kappa shape index (κ2) is 4.42. The van der Waals surface area contributed by atoms with Crippen molar-refractivity contribution in [2.24, 2.45) is 0 Å². The Balaban J connectivity index is 2.51. The van der Waals surface area contributed by atoms with Gasteiger partial charge in [-0.25, -0.2) is 4.58 Å². The van der Waals surface area contributed by atoms with E-state index in [1.54, 1.807) is 0 Å². The van der Waals surface area contributed by atoms with E-state index < -0.39 is 10.1 Å². The summed E-state index contributed by atoms with van der Waals surface area (Å²) in [5.41, 5.74) is 2.88. The van der Waals surface area contributed by atoms with Gasteiger partial charge < -0.3 is 0 Å². The molecule has 1 N–H and O–H groups in total. The summed E-state index contributed by atoms with van der Waals surface area (Å²) in [4.78, 5) is 0. The van der Waals surface area contributed by atoms with E-state index in [2.05, 4.69) is 17.7 Å². The van der Waals surface area contributed by atoms with Gasteiger partial charge in [0.1, 0.15) is 12.3 Å². The molecule has 0 unspecified atom stereocenters. The first-order valence-electron chi connectivity index (χ1n) is 6.31. The minimum atomic E-state index is -4.05. The fraction of sp³-hybridized carbons (Fsp3) is 0.500. The van der Waals surface area contributed by atoms with Gasteiger partial charge in [-0.3, -0.25) is 4.55 Å². The normalized spacial score (nSPS) is 23.2. The molecule has 4 nitrogen and oxygen atoms in total. The van der Waals surface area contributed by atoms with Crippen LogP contribution in [0.1, 0.15) is 26.7 Å². The molecule has 0 aromatic rings. The summed E-state index contributed by atoms with van der Waals surface area (Å²) in [6.45, 7) is 13.0. The maximum atomic E-state index is 11.1. The molecular weight excluding hydrogens is 262 g/mol. The molecule has 0 bridgehead atoms. The van der Waals surface area contributed by atoms with Crippen LogP contribution in [-0.2, 0) is 10.1 Å². The van der Waals surface area contributed by atoms with Crippen LogP contribution in [0.3, 0.4) is 0 Å². The third-order valence-electron chi connectivity index (χ3n) is 3.70. The predicted octanol–water partition coefficient (Wildman–Crippen LogP) is 1.95. The van der Waals surface area contributed by atoms with Crippen molar-refractivity contribution in [3.05, 3.63) is 36.0 Å². The highest BCUT2D eigenvalue weighted by Gasteiger charge is 2.41. The third kappa shape index (κ3) is 2.72. The quantitative estimate of drug-likeness (QED) is 0.622. The minimum absolute atomic E-state index is 0.292. The monoisotopic (exact) mass is 282 g/mol. The Labute approximate surface area is 114 Å². The van der Waals surface area contributed by atoms with E-state index in [1.807, 2.05) is 19.9 Å². The highest BCUT2D eigenvalue weighted by molar-refractivity contribution is 7.86. The largest absolute Gasteiger partial charge is 0.285 e. The third-order valence-corrected chi connectivity index (χ3v) is 4.38. The van der Waals surface area contributed by atoms with E-state index in [0.29, 0.717) is 11.1 Å². The second-order valence-electron chi connectivity index (χ2n) is 5.74. The average Bonchev–Trinajstić information content (AvgIpc) is 2.23. The van der Waals surface area contributed by atoms with Gasteiger partial charge in [0.15, 0.2) is 5.54 Å². The first kappa shape index (κ1) is 14.2. The number of nitrogens with zero attached hydrogens (tertiary/aromatic N) is 1. The molecule has 0 fully saturated rings. The fourth-order valence-electron chi connectivity index (χ4n) is 2.89. The number of rotatable bonds is 2. The lowest BCUT2D eigenvalue weighted by Gasteiger charge is -2.32. The molecule has 2 aliphatic heterocycles. The molecule has 104 valence electrons. The van der Waals surface area contributed by atoms with E-state index in [9.17, 15) is 8.42 Å². The summed E-state index contributed by atoms with van der Waals surface area (Å²) in [6.07, 6.45) is 3.83.